The van der Waals surface area contributed by atoms with E-state index in [1.807, 2.05) is 32.2 Å². The van der Waals surface area contributed by atoms with Gasteiger partial charge in [0.15, 0.2) is 0 Å². The Hall–Kier alpha value is -2.98. The summed E-state index contributed by atoms with van der Waals surface area (Å²) in [6.07, 6.45) is 9.78. The second kappa shape index (κ2) is 9.11. The first-order chi connectivity index (χ1) is 16.0. The van der Waals surface area contributed by atoms with Gasteiger partial charge in [0.2, 0.25) is 0 Å². The van der Waals surface area contributed by atoms with Crippen LogP contribution in [0.3, 0.4) is 0 Å². The maximum absolute atomic E-state index is 14.3. The molecule has 2 aromatic carbocycles. The van der Waals surface area contributed by atoms with E-state index >= 15 is 0 Å². The Kier molecular flexibility index (Phi) is 6.03. The summed E-state index contributed by atoms with van der Waals surface area (Å²) in [6, 6.07) is 14.0. The number of H-pyrrole nitrogens is 1. The van der Waals surface area contributed by atoms with Crippen LogP contribution in [0, 0.1) is 12.7 Å². The van der Waals surface area contributed by atoms with E-state index in [1.165, 1.54) is 28.5 Å². The number of aromatic nitrogens is 3. The van der Waals surface area contributed by atoms with Crippen molar-refractivity contribution in [1.82, 2.24) is 15.0 Å². The molecule has 1 aliphatic rings. The molecular formula is C28H27ClFN3. The predicted octanol–water partition coefficient (Wildman–Crippen LogP) is 7.73. The smallest absolute Gasteiger partial charge is 0.143 e. The highest BCUT2D eigenvalue weighted by molar-refractivity contribution is 6.31. The van der Waals surface area contributed by atoms with Gasteiger partial charge in [0.05, 0.1) is 5.02 Å². The molecular weight excluding hydrogens is 433 g/mol. The molecule has 3 nitrogen and oxygen atoms in total. The Morgan fingerprint density at radius 1 is 1.09 bits per heavy atom. The third-order valence-corrected chi connectivity index (χ3v) is 7.04. The minimum Gasteiger partial charge on any atom is -0.358 e. The standard InChI is InChI=1S/C28H27ClFN3/c1-3-4-18-5-7-19(8-6-18)21-11-9-20(28-31-14-13-17(2)32-28)10-12-22-23-15-24(29)25(30)16-26(23)33-27(21)22/h3-8,13-16,20-21,33H,9-12H2,1-2H3/b4-3+. The number of hydrogen-bond acceptors (Lipinski definition) is 2. The van der Waals surface area contributed by atoms with Crippen LogP contribution in [-0.2, 0) is 6.42 Å². The van der Waals surface area contributed by atoms with Crippen molar-refractivity contribution in [1.29, 1.82) is 0 Å². The molecule has 4 aromatic rings. The molecule has 5 heteroatoms. The zero-order valence-corrected chi connectivity index (χ0v) is 19.7. The Bertz CT molecular complexity index is 1320. The number of aromatic amines is 1. The van der Waals surface area contributed by atoms with Crippen LogP contribution in [0.4, 0.5) is 4.39 Å². The van der Waals surface area contributed by atoms with Crippen molar-refractivity contribution in [2.45, 2.75) is 51.4 Å². The Labute approximate surface area is 198 Å². The van der Waals surface area contributed by atoms with Crippen molar-refractivity contribution in [2.75, 3.05) is 0 Å². The number of benzene rings is 2. The van der Waals surface area contributed by atoms with E-state index in [2.05, 4.69) is 40.3 Å². The predicted molar refractivity (Wildman–Crippen MR) is 133 cm³/mol. The monoisotopic (exact) mass is 459 g/mol. The van der Waals surface area contributed by atoms with E-state index in [4.69, 9.17) is 16.6 Å². The number of rotatable bonds is 3. The zero-order valence-electron chi connectivity index (χ0n) is 18.9. The molecule has 0 aliphatic heterocycles. The highest BCUT2D eigenvalue weighted by Crippen LogP contribution is 2.42. The molecule has 168 valence electrons. The first-order valence-electron chi connectivity index (χ1n) is 11.5. The van der Waals surface area contributed by atoms with Crippen LogP contribution in [0.5, 0.6) is 0 Å². The lowest BCUT2D eigenvalue weighted by atomic mass is 9.80. The quantitative estimate of drug-likeness (QED) is 0.340. The van der Waals surface area contributed by atoms with E-state index < -0.39 is 5.82 Å². The third kappa shape index (κ3) is 4.32. The lowest BCUT2D eigenvalue weighted by Gasteiger charge is -2.25. The number of fused-ring (bicyclic) bond motifs is 3. The van der Waals surface area contributed by atoms with Gasteiger partial charge in [0.1, 0.15) is 11.6 Å². The van der Waals surface area contributed by atoms with Crippen molar-refractivity contribution >= 4 is 28.6 Å². The van der Waals surface area contributed by atoms with Crippen molar-refractivity contribution in [3.63, 3.8) is 0 Å². The molecule has 0 amide bonds. The molecule has 2 atom stereocenters. The van der Waals surface area contributed by atoms with Crippen LogP contribution in [0.25, 0.3) is 17.0 Å². The number of nitrogens with zero attached hydrogens (tertiary/aromatic N) is 2. The molecule has 2 heterocycles. The van der Waals surface area contributed by atoms with E-state index in [9.17, 15) is 4.39 Å². The number of allylic oxidation sites excluding steroid dienone is 1. The van der Waals surface area contributed by atoms with Gasteiger partial charge in [-0.1, -0.05) is 48.0 Å². The summed E-state index contributed by atoms with van der Waals surface area (Å²) >= 11 is 6.19. The number of hydrogen-bond donors (Lipinski definition) is 1. The highest BCUT2D eigenvalue weighted by atomic mass is 35.5. The SMILES string of the molecule is C/C=C/c1ccc(C2CCC(c3nccc(C)n3)CCc3c2[nH]c2cc(F)c(Cl)cc32)cc1. The molecule has 1 aliphatic carbocycles. The van der Waals surface area contributed by atoms with Gasteiger partial charge in [-0.15, -0.1) is 0 Å². The molecule has 0 fully saturated rings. The third-order valence-electron chi connectivity index (χ3n) is 6.75. The van der Waals surface area contributed by atoms with E-state index in [0.717, 1.165) is 48.1 Å². The van der Waals surface area contributed by atoms with Gasteiger partial charge in [0, 0.05) is 40.3 Å². The van der Waals surface area contributed by atoms with Crippen LogP contribution in [-0.4, -0.2) is 15.0 Å². The summed E-state index contributed by atoms with van der Waals surface area (Å²) in [7, 11) is 0. The second-order valence-corrected chi connectivity index (χ2v) is 9.32. The Balaban J connectivity index is 1.61. The normalized spacial score (nSPS) is 18.9. The van der Waals surface area contributed by atoms with Crippen molar-refractivity contribution in [3.05, 3.63) is 99.5 Å². The number of halogens is 2. The first kappa shape index (κ1) is 21.8. The van der Waals surface area contributed by atoms with Gasteiger partial charge in [-0.25, -0.2) is 14.4 Å². The lowest BCUT2D eigenvalue weighted by molar-refractivity contribution is 0.488. The molecule has 5 rings (SSSR count). The number of aryl methyl sites for hydroxylation is 2. The highest BCUT2D eigenvalue weighted by Gasteiger charge is 2.28. The Morgan fingerprint density at radius 2 is 1.91 bits per heavy atom. The molecule has 33 heavy (non-hydrogen) atoms. The van der Waals surface area contributed by atoms with Crippen molar-refractivity contribution in [3.8, 4) is 0 Å². The van der Waals surface area contributed by atoms with Crippen LogP contribution in [0.2, 0.25) is 5.02 Å². The summed E-state index contributed by atoms with van der Waals surface area (Å²) in [4.78, 5) is 12.9. The van der Waals surface area contributed by atoms with Crippen LogP contribution < -0.4 is 0 Å². The van der Waals surface area contributed by atoms with Gasteiger partial charge >= 0.3 is 0 Å². The Morgan fingerprint density at radius 3 is 2.67 bits per heavy atom. The van der Waals surface area contributed by atoms with Crippen LogP contribution in [0.15, 0.2) is 54.7 Å². The van der Waals surface area contributed by atoms with Crippen LogP contribution >= 0.6 is 11.6 Å². The summed E-state index contributed by atoms with van der Waals surface area (Å²) in [6.45, 7) is 4.04. The van der Waals surface area contributed by atoms with E-state index in [-0.39, 0.29) is 16.9 Å². The molecule has 2 unspecified atom stereocenters. The maximum atomic E-state index is 14.3. The summed E-state index contributed by atoms with van der Waals surface area (Å²) < 4.78 is 14.3. The maximum Gasteiger partial charge on any atom is 0.143 e. The minimum absolute atomic E-state index is 0.164. The molecule has 0 radical (unpaired) electrons. The molecule has 1 N–H and O–H groups in total. The molecule has 0 bridgehead atoms. The molecule has 0 spiro atoms. The van der Waals surface area contributed by atoms with Crippen LogP contribution in [0.1, 0.15) is 71.9 Å². The fraction of sp³-hybridized carbons (Fsp3) is 0.286. The second-order valence-electron chi connectivity index (χ2n) is 8.92. The van der Waals surface area contributed by atoms with Gasteiger partial charge < -0.3 is 4.98 Å². The van der Waals surface area contributed by atoms with Crippen molar-refractivity contribution in [2.24, 2.45) is 0 Å². The van der Waals surface area contributed by atoms with Gasteiger partial charge in [-0.3, -0.25) is 0 Å². The molecule has 2 aromatic heterocycles. The van der Waals surface area contributed by atoms with Gasteiger partial charge in [-0.05, 0) is 74.4 Å². The van der Waals surface area contributed by atoms with E-state index in [0.29, 0.717) is 0 Å². The minimum atomic E-state index is -0.392. The van der Waals surface area contributed by atoms with E-state index in [1.54, 1.807) is 6.07 Å². The number of nitrogens with one attached hydrogen (secondary N) is 1. The largest absolute Gasteiger partial charge is 0.358 e. The molecule has 0 saturated heterocycles. The topological polar surface area (TPSA) is 41.6 Å². The molecule has 0 saturated carbocycles. The summed E-state index contributed by atoms with van der Waals surface area (Å²) in [5.74, 6) is 0.992. The average molecular weight is 460 g/mol. The zero-order chi connectivity index (χ0) is 22.9. The average Bonchev–Trinajstić information content (AvgIpc) is 3.12. The summed E-state index contributed by atoms with van der Waals surface area (Å²) in [5, 5.41) is 1.18. The van der Waals surface area contributed by atoms with Gasteiger partial charge in [-0.2, -0.15) is 0 Å². The summed E-state index contributed by atoms with van der Waals surface area (Å²) in [5.41, 5.74) is 6.65. The lowest BCUT2D eigenvalue weighted by Crippen LogP contribution is -2.14. The van der Waals surface area contributed by atoms with Gasteiger partial charge in [0.25, 0.3) is 0 Å². The fourth-order valence-corrected chi connectivity index (χ4v) is 5.26. The fourth-order valence-electron chi connectivity index (χ4n) is 5.10. The first-order valence-corrected chi connectivity index (χ1v) is 11.9. The van der Waals surface area contributed by atoms with Crippen molar-refractivity contribution < 1.29 is 4.39 Å².